The van der Waals surface area contributed by atoms with Gasteiger partial charge < -0.3 is 14.4 Å². The molecule has 102 valence electrons. The summed E-state index contributed by atoms with van der Waals surface area (Å²) in [5.41, 5.74) is 0. The van der Waals surface area contributed by atoms with E-state index in [-0.39, 0.29) is 6.10 Å². The van der Waals surface area contributed by atoms with Gasteiger partial charge in [0.05, 0.1) is 12.7 Å². The van der Waals surface area contributed by atoms with E-state index in [4.69, 9.17) is 9.47 Å². The first kappa shape index (κ1) is 15.2. The van der Waals surface area contributed by atoms with E-state index in [1.54, 1.807) is 6.20 Å². The lowest BCUT2D eigenvalue weighted by Gasteiger charge is -2.15. The van der Waals surface area contributed by atoms with E-state index in [0.29, 0.717) is 18.2 Å². The van der Waals surface area contributed by atoms with Crippen LogP contribution >= 0.6 is 15.9 Å². The lowest BCUT2D eigenvalue weighted by molar-refractivity contribution is 0.211. The average molecular weight is 317 g/mol. The summed E-state index contributed by atoms with van der Waals surface area (Å²) in [7, 11) is 4.09. The zero-order valence-corrected chi connectivity index (χ0v) is 13.0. The first-order valence-corrected chi connectivity index (χ1v) is 6.88. The maximum Gasteiger partial charge on any atom is 0.257 e. The van der Waals surface area contributed by atoms with Gasteiger partial charge in [-0.25, -0.2) is 4.98 Å². The van der Waals surface area contributed by atoms with Crippen LogP contribution in [-0.2, 0) is 0 Å². The number of aromatic nitrogens is 1. The Hall–Kier alpha value is -0.810. The topological polar surface area (TPSA) is 34.6 Å². The monoisotopic (exact) mass is 316 g/mol. The Morgan fingerprint density at radius 2 is 2.11 bits per heavy atom. The van der Waals surface area contributed by atoms with Gasteiger partial charge in [0.15, 0.2) is 5.75 Å². The molecule has 0 aliphatic carbocycles. The van der Waals surface area contributed by atoms with Gasteiger partial charge in [0.1, 0.15) is 0 Å². The molecule has 0 aliphatic heterocycles. The molecule has 1 rings (SSSR count). The van der Waals surface area contributed by atoms with Crippen molar-refractivity contribution < 1.29 is 9.47 Å². The van der Waals surface area contributed by atoms with Crippen LogP contribution in [0.25, 0.3) is 0 Å². The highest BCUT2D eigenvalue weighted by atomic mass is 79.9. The van der Waals surface area contributed by atoms with E-state index in [9.17, 15) is 0 Å². The molecule has 0 saturated carbocycles. The predicted octanol–water partition coefficient (Wildman–Crippen LogP) is 2.96. The highest BCUT2D eigenvalue weighted by Gasteiger charge is 2.09. The molecule has 0 fully saturated rings. The van der Waals surface area contributed by atoms with E-state index in [0.717, 1.165) is 17.4 Å². The highest BCUT2D eigenvalue weighted by Crippen LogP contribution is 2.28. The molecule has 1 heterocycles. The van der Waals surface area contributed by atoms with Gasteiger partial charge in [-0.1, -0.05) is 0 Å². The minimum Gasteiger partial charge on any atom is -0.485 e. The van der Waals surface area contributed by atoms with Crippen LogP contribution in [0.5, 0.6) is 11.6 Å². The van der Waals surface area contributed by atoms with Crippen LogP contribution in [0.3, 0.4) is 0 Å². The fourth-order valence-electron chi connectivity index (χ4n) is 1.40. The Balaban J connectivity index is 2.57. The average Bonchev–Trinajstić information content (AvgIpc) is 2.25. The lowest BCUT2D eigenvalue weighted by Crippen LogP contribution is -2.16. The smallest absolute Gasteiger partial charge is 0.257 e. The van der Waals surface area contributed by atoms with Crippen LogP contribution in [0.15, 0.2) is 16.7 Å². The van der Waals surface area contributed by atoms with Crippen LogP contribution in [0, 0.1) is 0 Å². The lowest BCUT2D eigenvalue weighted by atomic mass is 10.4. The van der Waals surface area contributed by atoms with Gasteiger partial charge in [-0.15, -0.1) is 0 Å². The SMILES string of the molecule is CC(C)Oc1cc(Br)cnc1OCCCN(C)C. The summed E-state index contributed by atoms with van der Waals surface area (Å²) in [6.45, 7) is 5.60. The minimum atomic E-state index is 0.102. The summed E-state index contributed by atoms with van der Waals surface area (Å²) in [5, 5.41) is 0. The molecule has 4 nitrogen and oxygen atoms in total. The molecule has 18 heavy (non-hydrogen) atoms. The summed E-state index contributed by atoms with van der Waals surface area (Å²) in [5.74, 6) is 1.25. The molecule has 0 atom stereocenters. The van der Waals surface area contributed by atoms with Crippen molar-refractivity contribution in [2.75, 3.05) is 27.2 Å². The van der Waals surface area contributed by atoms with Crippen molar-refractivity contribution in [3.05, 3.63) is 16.7 Å². The van der Waals surface area contributed by atoms with Crippen molar-refractivity contribution in [3.63, 3.8) is 0 Å². The van der Waals surface area contributed by atoms with Gasteiger partial charge >= 0.3 is 0 Å². The molecule has 0 N–H and O–H groups in total. The van der Waals surface area contributed by atoms with Crippen LogP contribution < -0.4 is 9.47 Å². The normalized spacial score (nSPS) is 11.1. The van der Waals surface area contributed by atoms with Gasteiger partial charge in [-0.3, -0.25) is 0 Å². The highest BCUT2D eigenvalue weighted by molar-refractivity contribution is 9.10. The van der Waals surface area contributed by atoms with Crippen LogP contribution in [-0.4, -0.2) is 43.2 Å². The first-order valence-electron chi connectivity index (χ1n) is 6.08. The number of nitrogens with zero attached hydrogens (tertiary/aromatic N) is 2. The van der Waals surface area contributed by atoms with Crippen molar-refractivity contribution in [3.8, 4) is 11.6 Å². The van der Waals surface area contributed by atoms with Gasteiger partial charge in [-0.05, 0) is 50.3 Å². The van der Waals surface area contributed by atoms with Crippen molar-refractivity contribution in [1.29, 1.82) is 0 Å². The zero-order chi connectivity index (χ0) is 13.5. The van der Waals surface area contributed by atoms with E-state index in [1.807, 2.05) is 34.0 Å². The van der Waals surface area contributed by atoms with Crippen molar-refractivity contribution in [2.24, 2.45) is 0 Å². The molecule has 0 amide bonds. The third kappa shape index (κ3) is 5.69. The van der Waals surface area contributed by atoms with Crippen LogP contribution in [0.2, 0.25) is 0 Å². The Labute approximate surface area is 117 Å². The number of hydrogen-bond acceptors (Lipinski definition) is 4. The largest absolute Gasteiger partial charge is 0.485 e. The summed E-state index contributed by atoms with van der Waals surface area (Å²) < 4.78 is 12.2. The summed E-state index contributed by atoms with van der Waals surface area (Å²) >= 11 is 3.38. The second-order valence-electron chi connectivity index (χ2n) is 4.63. The first-order chi connectivity index (χ1) is 8.49. The van der Waals surface area contributed by atoms with Crippen molar-refractivity contribution in [2.45, 2.75) is 26.4 Å². The van der Waals surface area contributed by atoms with E-state index < -0.39 is 0 Å². The molecule has 0 radical (unpaired) electrons. The standard InChI is InChI=1S/C13H21BrN2O2/c1-10(2)18-12-8-11(14)9-15-13(12)17-7-5-6-16(3)4/h8-10H,5-7H2,1-4H3. The number of pyridine rings is 1. The zero-order valence-electron chi connectivity index (χ0n) is 11.4. The molecular formula is C13H21BrN2O2. The van der Waals surface area contributed by atoms with Crippen LogP contribution in [0.1, 0.15) is 20.3 Å². The van der Waals surface area contributed by atoms with Gasteiger partial charge in [0, 0.05) is 23.3 Å². The molecule has 1 aromatic rings. The molecule has 5 heteroatoms. The summed E-state index contributed by atoms with van der Waals surface area (Å²) in [4.78, 5) is 6.37. The quantitative estimate of drug-likeness (QED) is 0.724. The van der Waals surface area contributed by atoms with Crippen molar-refractivity contribution >= 4 is 15.9 Å². The van der Waals surface area contributed by atoms with Crippen molar-refractivity contribution in [1.82, 2.24) is 9.88 Å². The predicted molar refractivity (Wildman–Crippen MR) is 76.4 cm³/mol. The van der Waals surface area contributed by atoms with E-state index >= 15 is 0 Å². The molecule has 0 saturated heterocycles. The van der Waals surface area contributed by atoms with Gasteiger partial charge in [-0.2, -0.15) is 0 Å². The summed E-state index contributed by atoms with van der Waals surface area (Å²) in [6.07, 6.45) is 2.78. The molecule has 0 unspecified atom stereocenters. The number of hydrogen-bond donors (Lipinski definition) is 0. The fourth-order valence-corrected chi connectivity index (χ4v) is 1.71. The van der Waals surface area contributed by atoms with E-state index in [2.05, 4.69) is 25.8 Å². The Morgan fingerprint density at radius 1 is 1.39 bits per heavy atom. The Morgan fingerprint density at radius 3 is 2.72 bits per heavy atom. The number of halogens is 1. The van der Waals surface area contributed by atoms with Gasteiger partial charge in [0.25, 0.3) is 5.88 Å². The van der Waals surface area contributed by atoms with E-state index in [1.165, 1.54) is 0 Å². The molecular weight excluding hydrogens is 296 g/mol. The molecule has 0 aliphatic rings. The summed E-state index contributed by atoms with van der Waals surface area (Å²) in [6, 6.07) is 1.88. The third-order valence-corrected chi connectivity index (χ3v) is 2.57. The third-order valence-electron chi connectivity index (χ3n) is 2.14. The Kier molecular flexibility index (Phi) is 6.43. The molecule has 1 aromatic heterocycles. The Bertz CT molecular complexity index is 370. The molecule has 0 spiro atoms. The maximum absolute atomic E-state index is 5.68. The molecule has 0 bridgehead atoms. The maximum atomic E-state index is 5.68. The molecule has 0 aromatic carbocycles. The van der Waals surface area contributed by atoms with Crippen LogP contribution in [0.4, 0.5) is 0 Å². The number of ether oxygens (including phenoxy) is 2. The second-order valence-corrected chi connectivity index (χ2v) is 5.54. The minimum absolute atomic E-state index is 0.102. The fraction of sp³-hybridized carbons (Fsp3) is 0.615. The number of rotatable bonds is 7. The van der Waals surface area contributed by atoms with Gasteiger partial charge in [0.2, 0.25) is 0 Å². The second kappa shape index (κ2) is 7.59.